The number of ether oxygens (including phenoxy) is 2. The van der Waals surface area contributed by atoms with Crippen LogP contribution in [0.2, 0.25) is 0 Å². The summed E-state index contributed by atoms with van der Waals surface area (Å²) in [5, 5.41) is 3.93. The number of hydrogen-bond acceptors (Lipinski definition) is 7. The standard InChI is InChI=1S/C23H22N2O6S/c1-3-30-22-15-18(12-13-21(22)29-2)23(26)25-24-16-17-8-7-9-19(14-17)31-32(27,28)20-10-5-4-6-11-20/h4-16H,3H2,1-2H3,(H,25,26)/b24-16+. The van der Waals surface area contributed by atoms with Gasteiger partial charge < -0.3 is 13.7 Å². The van der Waals surface area contributed by atoms with Gasteiger partial charge in [0.2, 0.25) is 0 Å². The first-order valence-corrected chi connectivity index (χ1v) is 11.1. The summed E-state index contributed by atoms with van der Waals surface area (Å²) >= 11 is 0. The van der Waals surface area contributed by atoms with Gasteiger partial charge in [-0.25, -0.2) is 5.43 Å². The maximum Gasteiger partial charge on any atom is 0.339 e. The molecule has 3 aromatic carbocycles. The van der Waals surface area contributed by atoms with Gasteiger partial charge in [-0.15, -0.1) is 0 Å². The van der Waals surface area contributed by atoms with E-state index in [2.05, 4.69) is 10.5 Å². The topological polar surface area (TPSA) is 103 Å². The van der Waals surface area contributed by atoms with Gasteiger partial charge in [-0.3, -0.25) is 4.79 Å². The van der Waals surface area contributed by atoms with Gasteiger partial charge >= 0.3 is 10.1 Å². The maximum atomic E-state index is 12.4. The van der Waals surface area contributed by atoms with E-state index in [9.17, 15) is 13.2 Å². The lowest BCUT2D eigenvalue weighted by Crippen LogP contribution is -2.17. The number of methoxy groups -OCH3 is 1. The molecule has 0 fully saturated rings. The molecule has 0 unspecified atom stereocenters. The molecule has 0 aromatic heterocycles. The number of carbonyl (C=O) groups excluding carboxylic acids is 1. The second-order valence-corrected chi connectivity index (χ2v) is 7.97. The molecule has 0 aliphatic carbocycles. The summed E-state index contributed by atoms with van der Waals surface area (Å²) in [7, 11) is -2.43. The van der Waals surface area contributed by atoms with Gasteiger partial charge in [0.25, 0.3) is 5.91 Å². The Hall–Kier alpha value is -3.85. The van der Waals surface area contributed by atoms with Crippen LogP contribution in [0.5, 0.6) is 17.2 Å². The Bertz CT molecular complexity index is 1210. The highest BCUT2D eigenvalue weighted by atomic mass is 32.2. The molecule has 1 N–H and O–H groups in total. The molecule has 3 rings (SSSR count). The van der Waals surface area contributed by atoms with Crippen molar-refractivity contribution in [2.45, 2.75) is 11.8 Å². The molecular weight excluding hydrogens is 432 g/mol. The lowest BCUT2D eigenvalue weighted by molar-refractivity contribution is 0.0954. The fourth-order valence-electron chi connectivity index (χ4n) is 2.72. The highest BCUT2D eigenvalue weighted by Gasteiger charge is 2.16. The largest absolute Gasteiger partial charge is 0.493 e. The normalized spacial score (nSPS) is 11.2. The molecule has 32 heavy (non-hydrogen) atoms. The van der Waals surface area contributed by atoms with E-state index < -0.39 is 16.0 Å². The van der Waals surface area contributed by atoms with Gasteiger partial charge in [-0.2, -0.15) is 13.5 Å². The summed E-state index contributed by atoms with van der Waals surface area (Å²) in [6, 6.07) is 19.0. The van der Waals surface area contributed by atoms with Crippen LogP contribution in [0.4, 0.5) is 0 Å². The smallest absolute Gasteiger partial charge is 0.339 e. The van der Waals surface area contributed by atoms with Gasteiger partial charge in [0.15, 0.2) is 11.5 Å². The molecule has 0 spiro atoms. The quantitative estimate of drug-likeness (QED) is 0.301. The van der Waals surface area contributed by atoms with E-state index in [-0.39, 0.29) is 10.6 Å². The summed E-state index contributed by atoms with van der Waals surface area (Å²) in [6.45, 7) is 2.26. The van der Waals surface area contributed by atoms with Crippen LogP contribution in [-0.4, -0.2) is 34.3 Å². The summed E-state index contributed by atoms with van der Waals surface area (Å²) in [4.78, 5) is 12.4. The van der Waals surface area contributed by atoms with Crippen molar-refractivity contribution < 1.29 is 26.9 Å². The summed E-state index contributed by atoms with van der Waals surface area (Å²) in [6.07, 6.45) is 1.38. The van der Waals surface area contributed by atoms with Crippen molar-refractivity contribution >= 4 is 22.2 Å². The zero-order valence-corrected chi connectivity index (χ0v) is 18.3. The average molecular weight is 455 g/mol. The molecule has 0 aliphatic rings. The molecule has 9 heteroatoms. The second-order valence-electron chi connectivity index (χ2n) is 6.42. The van der Waals surface area contributed by atoms with E-state index in [1.165, 1.54) is 37.6 Å². The highest BCUT2D eigenvalue weighted by Crippen LogP contribution is 2.28. The second kappa shape index (κ2) is 10.5. The molecular formula is C23H22N2O6S. The SMILES string of the molecule is CCOc1cc(C(=O)N/N=C/c2cccc(OS(=O)(=O)c3ccccc3)c2)ccc1OC. The van der Waals surface area contributed by atoms with E-state index in [0.717, 1.165) is 0 Å². The van der Waals surface area contributed by atoms with Crippen molar-refractivity contribution in [2.75, 3.05) is 13.7 Å². The van der Waals surface area contributed by atoms with E-state index in [4.69, 9.17) is 13.7 Å². The van der Waals surface area contributed by atoms with E-state index in [1.54, 1.807) is 48.5 Å². The van der Waals surface area contributed by atoms with E-state index in [0.29, 0.717) is 29.2 Å². The summed E-state index contributed by atoms with van der Waals surface area (Å²) < 4.78 is 40.6. The average Bonchev–Trinajstić information content (AvgIpc) is 2.80. The van der Waals surface area contributed by atoms with Crippen molar-refractivity contribution in [2.24, 2.45) is 5.10 Å². The Balaban J connectivity index is 1.67. The molecule has 0 heterocycles. The number of benzene rings is 3. The molecule has 0 saturated carbocycles. The van der Waals surface area contributed by atoms with Crippen LogP contribution in [0.25, 0.3) is 0 Å². The zero-order valence-electron chi connectivity index (χ0n) is 17.5. The van der Waals surface area contributed by atoms with Crippen LogP contribution < -0.4 is 19.1 Å². The number of carbonyl (C=O) groups is 1. The molecule has 0 radical (unpaired) electrons. The summed E-state index contributed by atoms with van der Waals surface area (Å²) in [5.74, 6) is 0.662. The number of nitrogens with zero attached hydrogens (tertiary/aromatic N) is 1. The number of hydrogen-bond donors (Lipinski definition) is 1. The summed E-state index contributed by atoms with van der Waals surface area (Å²) in [5.41, 5.74) is 3.31. The van der Waals surface area contributed by atoms with E-state index in [1.807, 2.05) is 6.92 Å². The highest BCUT2D eigenvalue weighted by molar-refractivity contribution is 7.87. The molecule has 3 aromatic rings. The van der Waals surface area contributed by atoms with Crippen LogP contribution in [0, 0.1) is 0 Å². The predicted molar refractivity (Wildman–Crippen MR) is 120 cm³/mol. The Morgan fingerprint density at radius 1 is 1.00 bits per heavy atom. The number of nitrogens with one attached hydrogen (secondary N) is 1. The molecule has 0 bridgehead atoms. The predicted octanol–water partition coefficient (Wildman–Crippen LogP) is 3.63. The van der Waals surface area contributed by atoms with Crippen molar-refractivity contribution in [1.82, 2.24) is 5.43 Å². The van der Waals surface area contributed by atoms with Gasteiger partial charge in [0.1, 0.15) is 10.6 Å². The van der Waals surface area contributed by atoms with Gasteiger partial charge in [-0.1, -0.05) is 30.3 Å². The minimum absolute atomic E-state index is 0.0530. The molecule has 0 atom stereocenters. The minimum Gasteiger partial charge on any atom is -0.493 e. The van der Waals surface area contributed by atoms with Gasteiger partial charge in [-0.05, 0) is 55.0 Å². The first-order chi connectivity index (χ1) is 15.4. The molecule has 166 valence electrons. The van der Waals surface area contributed by atoms with Gasteiger partial charge in [0, 0.05) is 5.56 Å². The molecule has 8 nitrogen and oxygen atoms in total. The van der Waals surface area contributed by atoms with Crippen LogP contribution in [-0.2, 0) is 10.1 Å². The van der Waals surface area contributed by atoms with E-state index >= 15 is 0 Å². The Kier molecular flexibility index (Phi) is 7.45. The Labute approximate surface area is 186 Å². The van der Waals surface area contributed by atoms with Gasteiger partial charge in [0.05, 0.1) is 19.9 Å². The third-order valence-electron chi connectivity index (χ3n) is 4.20. The van der Waals surface area contributed by atoms with Crippen LogP contribution >= 0.6 is 0 Å². The van der Waals surface area contributed by atoms with Crippen LogP contribution in [0.15, 0.2) is 82.8 Å². The third-order valence-corrected chi connectivity index (χ3v) is 5.46. The lowest BCUT2D eigenvalue weighted by atomic mass is 10.2. The number of hydrazone groups is 1. The van der Waals surface area contributed by atoms with Crippen molar-refractivity contribution in [1.29, 1.82) is 0 Å². The fourth-order valence-corrected chi connectivity index (χ4v) is 3.67. The molecule has 0 saturated heterocycles. The number of rotatable bonds is 9. The molecule has 0 aliphatic heterocycles. The molecule has 1 amide bonds. The fraction of sp³-hybridized carbons (Fsp3) is 0.130. The van der Waals surface area contributed by atoms with Crippen LogP contribution in [0.1, 0.15) is 22.8 Å². The third kappa shape index (κ3) is 5.86. The monoisotopic (exact) mass is 454 g/mol. The Morgan fingerprint density at radius 2 is 1.78 bits per heavy atom. The lowest BCUT2D eigenvalue weighted by Gasteiger charge is -2.10. The van der Waals surface area contributed by atoms with Crippen molar-refractivity contribution in [3.05, 3.63) is 83.9 Å². The van der Waals surface area contributed by atoms with Crippen molar-refractivity contribution in [3.8, 4) is 17.2 Å². The van der Waals surface area contributed by atoms with Crippen molar-refractivity contribution in [3.63, 3.8) is 0 Å². The first-order valence-electron chi connectivity index (χ1n) is 9.67. The Morgan fingerprint density at radius 3 is 2.50 bits per heavy atom. The number of amides is 1. The first kappa shape index (κ1) is 22.8. The maximum absolute atomic E-state index is 12.4. The zero-order chi connectivity index (χ0) is 23.0. The minimum atomic E-state index is -3.95. The van der Waals surface area contributed by atoms with Crippen LogP contribution in [0.3, 0.4) is 0 Å².